The van der Waals surface area contributed by atoms with Gasteiger partial charge in [0.25, 0.3) is 0 Å². The predicted molar refractivity (Wildman–Crippen MR) is 242 cm³/mol. The van der Waals surface area contributed by atoms with Crippen molar-refractivity contribution in [2.45, 2.75) is 219 Å². The summed E-state index contributed by atoms with van der Waals surface area (Å²) in [6, 6.07) is 0. The van der Waals surface area contributed by atoms with Gasteiger partial charge in [-0.3, -0.25) is 14.4 Å². The predicted octanol–water partition coefficient (Wildman–Crippen LogP) is 15.1. The molecule has 0 aromatic heterocycles. The van der Waals surface area contributed by atoms with Crippen LogP contribution in [-0.2, 0) is 28.6 Å². The molecule has 1 unspecified atom stereocenters. The molecule has 0 aliphatic rings. The van der Waals surface area contributed by atoms with E-state index in [1.165, 1.54) is 64.2 Å². The first-order chi connectivity index (χ1) is 28.0. The summed E-state index contributed by atoms with van der Waals surface area (Å²) in [5, 5.41) is 0. The van der Waals surface area contributed by atoms with Crippen LogP contribution in [0.1, 0.15) is 213 Å². The van der Waals surface area contributed by atoms with Crippen molar-refractivity contribution in [2.24, 2.45) is 0 Å². The van der Waals surface area contributed by atoms with Crippen LogP contribution >= 0.6 is 0 Å². The average molecular weight is 795 g/mol. The minimum absolute atomic E-state index is 0.0914. The van der Waals surface area contributed by atoms with Crippen molar-refractivity contribution < 1.29 is 28.6 Å². The maximum atomic E-state index is 12.7. The third kappa shape index (κ3) is 43.8. The molecule has 6 nitrogen and oxygen atoms in total. The minimum Gasteiger partial charge on any atom is -0.462 e. The highest BCUT2D eigenvalue weighted by molar-refractivity contribution is 5.71. The van der Waals surface area contributed by atoms with Gasteiger partial charge >= 0.3 is 17.9 Å². The molecule has 0 bridgehead atoms. The Morgan fingerprint density at radius 3 is 1.26 bits per heavy atom. The van der Waals surface area contributed by atoms with Crippen molar-refractivity contribution in [3.05, 3.63) is 72.9 Å². The number of unbranched alkanes of at least 4 members (excludes halogenated alkanes) is 20. The van der Waals surface area contributed by atoms with Crippen LogP contribution in [-0.4, -0.2) is 37.2 Å². The zero-order chi connectivity index (χ0) is 41.5. The summed E-state index contributed by atoms with van der Waals surface area (Å²) >= 11 is 0. The van der Waals surface area contributed by atoms with Gasteiger partial charge in [-0.2, -0.15) is 0 Å². The molecule has 0 N–H and O–H groups in total. The lowest BCUT2D eigenvalue weighted by Gasteiger charge is -2.18. The van der Waals surface area contributed by atoms with Crippen molar-refractivity contribution in [1.29, 1.82) is 0 Å². The van der Waals surface area contributed by atoms with Crippen LogP contribution in [0.3, 0.4) is 0 Å². The Hall–Kier alpha value is -3.15. The van der Waals surface area contributed by atoms with E-state index in [-0.39, 0.29) is 31.1 Å². The van der Waals surface area contributed by atoms with E-state index in [4.69, 9.17) is 14.2 Å². The molecule has 0 aliphatic heterocycles. The van der Waals surface area contributed by atoms with E-state index < -0.39 is 6.10 Å². The van der Waals surface area contributed by atoms with Crippen LogP contribution in [0.2, 0.25) is 0 Å². The third-order valence-corrected chi connectivity index (χ3v) is 9.74. The Morgan fingerprint density at radius 2 is 0.772 bits per heavy atom. The van der Waals surface area contributed by atoms with Gasteiger partial charge in [0.05, 0.1) is 0 Å². The van der Waals surface area contributed by atoms with Gasteiger partial charge in [-0.25, -0.2) is 0 Å². The van der Waals surface area contributed by atoms with Crippen LogP contribution in [0.4, 0.5) is 0 Å². The lowest BCUT2D eigenvalue weighted by molar-refractivity contribution is -0.167. The largest absolute Gasteiger partial charge is 0.462 e. The summed E-state index contributed by atoms with van der Waals surface area (Å²) < 4.78 is 16.7. The number of esters is 3. The number of hydrogen-bond donors (Lipinski definition) is 0. The Morgan fingerprint density at radius 1 is 0.386 bits per heavy atom. The van der Waals surface area contributed by atoms with E-state index in [1.807, 2.05) is 0 Å². The van der Waals surface area contributed by atoms with Crippen molar-refractivity contribution in [3.8, 4) is 0 Å². The molecule has 0 aromatic rings. The van der Waals surface area contributed by atoms with Crippen LogP contribution in [0, 0.1) is 0 Å². The molecule has 0 rings (SSSR count). The zero-order valence-corrected chi connectivity index (χ0v) is 37.1. The molecule has 0 heterocycles. The van der Waals surface area contributed by atoms with Crippen molar-refractivity contribution in [1.82, 2.24) is 0 Å². The third-order valence-electron chi connectivity index (χ3n) is 9.74. The Labute approximate surface area is 351 Å². The van der Waals surface area contributed by atoms with Gasteiger partial charge in [0, 0.05) is 19.3 Å². The maximum Gasteiger partial charge on any atom is 0.306 e. The van der Waals surface area contributed by atoms with Crippen LogP contribution in [0.15, 0.2) is 72.9 Å². The summed E-state index contributed by atoms with van der Waals surface area (Å²) in [5.41, 5.74) is 0. The van der Waals surface area contributed by atoms with E-state index in [2.05, 4.69) is 93.7 Å². The SMILES string of the molecule is CC\C=C/C=C\C=C/CCCCCCCC(=O)OC(COC(=O)CCCCCCC/C=C\CCCCC)COC(=O)CCCCCCCCC/C=C\C/C=C\CC. The number of carbonyl (C=O) groups excluding carboxylic acids is 3. The van der Waals surface area contributed by atoms with E-state index in [9.17, 15) is 14.4 Å². The Balaban J connectivity index is 4.44. The number of hydrogen-bond acceptors (Lipinski definition) is 6. The summed E-state index contributed by atoms with van der Waals surface area (Å²) in [6.45, 7) is 6.33. The maximum absolute atomic E-state index is 12.7. The van der Waals surface area contributed by atoms with E-state index in [0.717, 1.165) is 109 Å². The summed E-state index contributed by atoms with van der Waals surface area (Å²) in [6.07, 6.45) is 55.9. The molecule has 0 saturated heterocycles. The first-order valence-electron chi connectivity index (χ1n) is 23.5. The molecule has 0 amide bonds. The molecule has 0 aromatic carbocycles. The molecule has 0 aliphatic carbocycles. The fourth-order valence-electron chi connectivity index (χ4n) is 6.24. The lowest BCUT2D eigenvalue weighted by atomic mass is 10.1. The quantitative estimate of drug-likeness (QED) is 0.0202. The minimum atomic E-state index is -0.790. The second-order valence-electron chi connectivity index (χ2n) is 15.3. The van der Waals surface area contributed by atoms with Gasteiger partial charge in [-0.15, -0.1) is 0 Å². The molecule has 0 radical (unpaired) electrons. The number of allylic oxidation sites excluding steroid dienone is 12. The molecular weight excluding hydrogens is 709 g/mol. The smallest absolute Gasteiger partial charge is 0.306 e. The molecule has 326 valence electrons. The highest BCUT2D eigenvalue weighted by Gasteiger charge is 2.19. The van der Waals surface area contributed by atoms with E-state index in [1.54, 1.807) is 0 Å². The lowest BCUT2D eigenvalue weighted by Crippen LogP contribution is -2.30. The van der Waals surface area contributed by atoms with Gasteiger partial charge in [0.2, 0.25) is 0 Å². The molecule has 57 heavy (non-hydrogen) atoms. The Bertz CT molecular complexity index is 1100. The molecule has 6 heteroatoms. The highest BCUT2D eigenvalue weighted by Crippen LogP contribution is 2.13. The van der Waals surface area contributed by atoms with Gasteiger partial charge in [-0.05, 0) is 89.9 Å². The van der Waals surface area contributed by atoms with Crippen molar-refractivity contribution >= 4 is 17.9 Å². The van der Waals surface area contributed by atoms with Crippen molar-refractivity contribution in [2.75, 3.05) is 13.2 Å². The molecule has 1 atom stereocenters. The van der Waals surface area contributed by atoms with Crippen LogP contribution < -0.4 is 0 Å². The molecule has 0 fully saturated rings. The molecule has 0 spiro atoms. The second-order valence-corrected chi connectivity index (χ2v) is 15.3. The second kappa shape index (κ2) is 45.6. The molecular formula is C51H86O6. The normalized spacial score (nSPS) is 12.7. The number of ether oxygens (including phenoxy) is 3. The highest BCUT2D eigenvalue weighted by atomic mass is 16.6. The fourth-order valence-corrected chi connectivity index (χ4v) is 6.24. The monoisotopic (exact) mass is 795 g/mol. The summed E-state index contributed by atoms with van der Waals surface area (Å²) in [7, 11) is 0. The topological polar surface area (TPSA) is 78.9 Å². The zero-order valence-electron chi connectivity index (χ0n) is 37.1. The van der Waals surface area contributed by atoms with Crippen LogP contribution in [0.25, 0.3) is 0 Å². The van der Waals surface area contributed by atoms with E-state index >= 15 is 0 Å². The molecule has 0 saturated carbocycles. The summed E-state index contributed by atoms with van der Waals surface area (Å²) in [4.78, 5) is 37.8. The number of carbonyl (C=O) groups is 3. The number of rotatable bonds is 41. The van der Waals surface area contributed by atoms with E-state index in [0.29, 0.717) is 19.3 Å². The van der Waals surface area contributed by atoms with Gasteiger partial charge in [0.1, 0.15) is 13.2 Å². The van der Waals surface area contributed by atoms with Gasteiger partial charge in [0.15, 0.2) is 6.10 Å². The fraction of sp³-hybridized carbons (Fsp3) is 0.706. The standard InChI is InChI=1S/C51H86O6/c1-4-7-10-13-16-19-22-25-27-29-32-35-38-41-44-50(53)56-47-48(46-55-49(52)43-40-37-34-31-28-24-21-18-15-12-9-6-3)57-51(54)45-42-39-36-33-30-26-23-20-17-14-11-8-5-2/h7-8,10-11,14,16-21,23,48H,4-6,9,12-13,15,22,24-47H2,1-3H3/b10-7-,11-8-,17-14-,19-16-,21-18-,23-20-. The first-order valence-corrected chi connectivity index (χ1v) is 23.5. The Kier molecular flexibility index (Phi) is 43.0. The van der Waals surface area contributed by atoms with Gasteiger partial charge in [-0.1, -0.05) is 177 Å². The van der Waals surface area contributed by atoms with Crippen molar-refractivity contribution in [3.63, 3.8) is 0 Å². The average Bonchev–Trinajstić information content (AvgIpc) is 3.21. The van der Waals surface area contributed by atoms with Gasteiger partial charge < -0.3 is 14.2 Å². The first kappa shape index (κ1) is 53.9. The van der Waals surface area contributed by atoms with Crippen LogP contribution in [0.5, 0.6) is 0 Å². The summed E-state index contributed by atoms with van der Waals surface area (Å²) in [5.74, 6) is -0.933.